The molecule has 2 nitrogen and oxygen atoms in total. The lowest BCUT2D eigenvalue weighted by atomic mass is 10.2. The van der Waals surface area contributed by atoms with Crippen LogP contribution in [-0.4, -0.2) is 9.97 Å². The van der Waals surface area contributed by atoms with Crippen LogP contribution in [0.4, 0.5) is 0 Å². The molecule has 3 heteroatoms. The van der Waals surface area contributed by atoms with Crippen molar-refractivity contribution in [3.63, 3.8) is 0 Å². The van der Waals surface area contributed by atoms with Gasteiger partial charge in [0.25, 0.3) is 0 Å². The monoisotopic (exact) mass is 202 g/mol. The van der Waals surface area contributed by atoms with E-state index >= 15 is 0 Å². The van der Waals surface area contributed by atoms with Crippen molar-refractivity contribution in [1.29, 1.82) is 0 Å². The average molecular weight is 203 g/mol. The number of hydrogen-bond donors (Lipinski definition) is 1. The summed E-state index contributed by atoms with van der Waals surface area (Å²) in [4.78, 5) is 7.37. The molecule has 1 aromatic carbocycles. The highest BCUT2D eigenvalue weighted by Gasteiger charge is 2.06. The van der Waals surface area contributed by atoms with Crippen molar-refractivity contribution in [3.8, 4) is 0 Å². The van der Waals surface area contributed by atoms with Crippen LogP contribution >= 0.6 is 11.6 Å². The van der Waals surface area contributed by atoms with Gasteiger partial charge in [-0.1, -0.05) is 29.8 Å². The molecule has 1 N–H and O–H groups in total. The molecular formula is C11H7ClN2. The number of aromatic nitrogens is 2. The number of aromatic amines is 1. The number of nitrogens with one attached hydrogen (secondary N) is 1. The van der Waals surface area contributed by atoms with Gasteiger partial charge in [0.05, 0.1) is 5.52 Å². The van der Waals surface area contributed by atoms with E-state index in [2.05, 4.69) is 9.97 Å². The summed E-state index contributed by atoms with van der Waals surface area (Å²) in [6.45, 7) is 0. The summed E-state index contributed by atoms with van der Waals surface area (Å²) in [5.41, 5.74) is 2.13. The molecule has 3 rings (SSSR count). The van der Waals surface area contributed by atoms with Crippen molar-refractivity contribution >= 4 is 33.4 Å². The number of pyridine rings is 1. The summed E-state index contributed by atoms with van der Waals surface area (Å²) in [5, 5.41) is 2.69. The van der Waals surface area contributed by atoms with Crippen molar-refractivity contribution in [1.82, 2.24) is 9.97 Å². The minimum atomic E-state index is 0.556. The molecule has 0 saturated carbocycles. The lowest BCUT2D eigenvalue weighted by Crippen LogP contribution is -1.74. The fraction of sp³-hybridized carbons (Fsp3) is 0. The van der Waals surface area contributed by atoms with Crippen LogP contribution in [0.15, 0.2) is 36.5 Å². The van der Waals surface area contributed by atoms with Crippen molar-refractivity contribution < 1.29 is 0 Å². The summed E-state index contributed by atoms with van der Waals surface area (Å²) in [6, 6.07) is 10.0. The molecule has 0 amide bonds. The molecule has 0 unspecified atom stereocenters. The largest absolute Gasteiger partial charge is 0.354 e. The van der Waals surface area contributed by atoms with Gasteiger partial charge >= 0.3 is 0 Å². The SMILES string of the molecule is Clc1nccc2[nH]c3ccccc3c12. The van der Waals surface area contributed by atoms with Gasteiger partial charge in [-0.15, -0.1) is 0 Å². The Kier molecular flexibility index (Phi) is 1.52. The Hall–Kier alpha value is -1.54. The summed E-state index contributed by atoms with van der Waals surface area (Å²) in [5.74, 6) is 0. The zero-order valence-corrected chi connectivity index (χ0v) is 8.05. The molecule has 0 fully saturated rings. The third-order valence-electron chi connectivity index (χ3n) is 2.37. The number of halogens is 1. The summed E-state index contributed by atoms with van der Waals surface area (Å²) in [7, 11) is 0. The number of rotatable bonds is 0. The standard InChI is InChI=1S/C11H7ClN2/c12-11-10-7-3-1-2-4-8(7)14-9(10)5-6-13-11/h1-6,14H. The number of nitrogens with zero attached hydrogens (tertiary/aromatic N) is 1. The van der Waals surface area contributed by atoms with Crippen LogP contribution in [0.3, 0.4) is 0 Å². The number of H-pyrrole nitrogens is 1. The zero-order chi connectivity index (χ0) is 9.54. The molecule has 2 aromatic heterocycles. The van der Waals surface area contributed by atoms with Crippen LogP contribution in [0, 0.1) is 0 Å². The molecule has 0 aliphatic rings. The van der Waals surface area contributed by atoms with Gasteiger partial charge in [-0.25, -0.2) is 4.98 Å². The molecule has 0 aliphatic carbocycles. The van der Waals surface area contributed by atoms with Crippen molar-refractivity contribution in [2.45, 2.75) is 0 Å². The molecule has 14 heavy (non-hydrogen) atoms. The molecule has 0 radical (unpaired) electrons. The van der Waals surface area contributed by atoms with Gasteiger partial charge < -0.3 is 4.98 Å². The molecule has 68 valence electrons. The summed E-state index contributed by atoms with van der Waals surface area (Å²) < 4.78 is 0. The predicted molar refractivity (Wildman–Crippen MR) is 58.6 cm³/mol. The van der Waals surface area contributed by atoms with E-state index in [9.17, 15) is 0 Å². The van der Waals surface area contributed by atoms with E-state index in [1.54, 1.807) is 6.20 Å². The summed E-state index contributed by atoms with van der Waals surface area (Å²) in [6.07, 6.45) is 1.71. The number of para-hydroxylation sites is 1. The van der Waals surface area contributed by atoms with E-state index < -0.39 is 0 Å². The van der Waals surface area contributed by atoms with Crippen LogP contribution in [0.2, 0.25) is 5.15 Å². The topological polar surface area (TPSA) is 28.7 Å². The van der Waals surface area contributed by atoms with Gasteiger partial charge in [0.2, 0.25) is 0 Å². The van der Waals surface area contributed by atoms with E-state index in [0.717, 1.165) is 21.8 Å². The van der Waals surface area contributed by atoms with E-state index in [4.69, 9.17) is 11.6 Å². The quantitative estimate of drug-likeness (QED) is 0.557. The normalized spacial score (nSPS) is 11.2. The first-order valence-corrected chi connectivity index (χ1v) is 4.75. The molecular weight excluding hydrogens is 196 g/mol. The third kappa shape index (κ3) is 0.946. The number of hydrogen-bond acceptors (Lipinski definition) is 1. The Morgan fingerprint density at radius 1 is 1.07 bits per heavy atom. The number of fused-ring (bicyclic) bond motifs is 3. The van der Waals surface area contributed by atoms with Gasteiger partial charge in [-0.3, -0.25) is 0 Å². The molecule has 2 heterocycles. The van der Waals surface area contributed by atoms with Crippen molar-refractivity contribution in [3.05, 3.63) is 41.7 Å². The second kappa shape index (κ2) is 2.72. The predicted octanol–water partition coefficient (Wildman–Crippen LogP) is 3.37. The zero-order valence-electron chi connectivity index (χ0n) is 7.29. The second-order valence-electron chi connectivity index (χ2n) is 3.19. The first-order chi connectivity index (χ1) is 6.86. The van der Waals surface area contributed by atoms with Gasteiger partial charge in [0, 0.05) is 22.5 Å². The lowest BCUT2D eigenvalue weighted by molar-refractivity contribution is 1.36. The molecule has 0 saturated heterocycles. The minimum absolute atomic E-state index is 0.556. The van der Waals surface area contributed by atoms with Crippen molar-refractivity contribution in [2.24, 2.45) is 0 Å². The van der Waals surface area contributed by atoms with Crippen LogP contribution in [-0.2, 0) is 0 Å². The molecule has 0 spiro atoms. The Labute approximate surface area is 85.5 Å². The van der Waals surface area contributed by atoms with Gasteiger partial charge in [0.1, 0.15) is 5.15 Å². The maximum atomic E-state index is 6.05. The fourth-order valence-corrected chi connectivity index (χ4v) is 2.01. The Balaban J connectivity index is 2.65. The molecule has 0 bridgehead atoms. The molecule has 0 atom stereocenters. The minimum Gasteiger partial charge on any atom is -0.354 e. The number of benzene rings is 1. The van der Waals surface area contributed by atoms with E-state index in [1.165, 1.54) is 0 Å². The Bertz CT molecular complexity index is 613. The van der Waals surface area contributed by atoms with Crippen LogP contribution < -0.4 is 0 Å². The fourth-order valence-electron chi connectivity index (χ4n) is 1.75. The Morgan fingerprint density at radius 2 is 1.93 bits per heavy atom. The van der Waals surface area contributed by atoms with E-state index in [0.29, 0.717) is 5.15 Å². The second-order valence-corrected chi connectivity index (χ2v) is 3.55. The third-order valence-corrected chi connectivity index (χ3v) is 2.66. The van der Waals surface area contributed by atoms with Gasteiger partial charge in [-0.2, -0.15) is 0 Å². The highest BCUT2D eigenvalue weighted by atomic mass is 35.5. The first-order valence-electron chi connectivity index (χ1n) is 4.37. The van der Waals surface area contributed by atoms with Crippen LogP contribution in [0.25, 0.3) is 21.8 Å². The molecule has 0 aliphatic heterocycles. The molecule has 3 aromatic rings. The van der Waals surface area contributed by atoms with Crippen molar-refractivity contribution in [2.75, 3.05) is 0 Å². The lowest BCUT2D eigenvalue weighted by Gasteiger charge is -1.92. The van der Waals surface area contributed by atoms with E-state index in [1.807, 2.05) is 30.3 Å². The van der Waals surface area contributed by atoms with Crippen LogP contribution in [0.1, 0.15) is 0 Å². The maximum Gasteiger partial charge on any atom is 0.138 e. The van der Waals surface area contributed by atoms with E-state index in [-0.39, 0.29) is 0 Å². The van der Waals surface area contributed by atoms with Crippen LogP contribution in [0.5, 0.6) is 0 Å². The first kappa shape index (κ1) is 7.83. The Morgan fingerprint density at radius 3 is 2.86 bits per heavy atom. The smallest absolute Gasteiger partial charge is 0.138 e. The van der Waals surface area contributed by atoms with Gasteiger partial charge in [-0.05, 0) is 12.1 Å². The van der Waals surface area contributed by atoms with Gasteiger partial charge in [0.15, 0.2) is 0 Å². The average Bonchev–Trinajstić information content (AvgIpc) is 2.57. The summed E-state index contributed by atoms with van der Waals surface area (Å²) >= 11 is 6.05. The highest BCUT2D eigenvalue weighted by molar-refractivity contribution is 6.36. The highest BCUT2D eigenvalue weighted by Crippen LogP contribution is 2.29. The maximum absolute atomic E-state index is 6.05.